The molecule has 3 aromatic rings. The minimum atomic E-state index is -0.655. The average Bonchev–Trinajstić information content (AvgIpc) is 3.23. The molecule has 2 aromatic heterocycles. The van der Waals surface area contributed by atoms with E-state index in [1.807, 2.05) is 54.9 Å². The Kier molecular flexibility index (Phi) is 5.61. The maximum Gasteiger partial charge on any atom is 0.295 e. The van der Waals surface area contributed by atoms with Crippen LogP contribution in [-0.4, -0.2) is 63.3 Å². The van der Waals surface area contributed by atoms with Crippen molar-refractivity contribution in [2.75, 3.05) is 27.2 Å². The molecule has 1 saturated heterocycles. The Balaban J connectivity index is 1.85. The summed E-state index contributed by atoms with van der Waals surface area (Å²) in [6.45, 7) is 1.21. The van der Waals surface area contributed by atoms with Crippen LogP contribution in [0.1, 0.15) is 23.6 Å². The largest absolute Gasteiger partial charge is 0.507 e. The lowest BCUT2D eigenvalue weighted by atomic mass is 9.96. The number of ketones is 1. The summed E-state index contributed by atoms with van der Waals surface area (Å²) in [6, 6.07) is 10.6. The molecule has 0 saturated carbocycles. The second kappa shape index (κ2) is 8.35. The molecule has 1 unspecified atom stereocenters. The number of aliphatic hydroxyl groups excluding tert-OH is 1. The zero-order chi connectivity index (χ0) is 22.1. The maximum absolute atomic E-state index is 13.1. The molecule has 1 fully saturated rings. The molecule has 4 rings (SSSR count). The van der Waals surface area contributed by atoms with E-state index in [2.05, 4.69) is 4.98 Å². The van der Waals surface area contributed by atoms with Crippen molar-refractivity contribution < 1.29 is 14.7 Å². The molecule has 31 heavy (non-hydrogen) atoms. The first-order valence-corrected chi connectivity index (χ1v) is 10.3. The molecular formula is C24H26N4O3. The predicted octanol–water partition coefficient (Wildman–Crippen LogP) is 2.95. The average molecular weight is 418 g/mol. The molecule has 0 radical (unpaired) electrons. The van der Waals surface area contributed by atoms with Gasteiger partial charge in [-0.25, -0.2) is 0 Å². The van der Waals surface area contributed by atoms with Gasteiger partial charge in [0.05, 0.1) is 11.6 Å². The van der Waals surface area contributed by atoms with E-state index in [4.69, 9.17) is 0 Å². The van der Waals surface area contributed by atoms with E-state index >= 15 is 0 Å². The van der Waals surface area contributed by atoms with Gasteiger partial charge >= 0.3 is 0 Å². The molecule has 160 valence electrons. The number of aryl methyl sites for hydroxylation is 1. The molecule has 3 heterocycles. The number of rotatable bonds is 6. The van der Waals surface area contributed by atoms with E-state index in [-0.39, 0.29) is 11.3 Å². The third kappa shape index (κ3) is 3.72. The molecule has 1 aromatic carbocycles. The third-order valence-electron chi connectivity index (χ3n) is 5.72. The summed E-state index contributed by atoms with van der Waals surface area (Å²) >= 11 is 0. The van der Waals surface area contributed by atoms with E-state index in [1.165, 1.54) is 0 Å². The van der Waals surface area contributed by atoms with Crippen molar-refractivity contribution in [2.24, 2.45) is 7.05 Å². The van der Waals surface area contributed by atoms with Gasteiger partial charge in [0.25, 0.3) is 11.7 Å². The Morgan fingerprint density at radius 3 is 2.55 bits per heavy atom. The van der Waals surface area contributed by atoms with Crippen LogP contribution in [0.15, 0.2) is 60.6 Å². The first-order valence-electron chi connectivity index (χ1n) is 10.3. The van der Waals surface area contributed by atoms with Crippen LogP contribution in [0.5, 0.6) is 0 Å². The summed E-state index contributed by atoms with van der Waals surface area (Å²) in [6.07, 6.45) is 5.78. The Bertz CT molecular complexity index is 1160. The highest BCUT2D eigenvalue weighted by Crippen LogP contribution is 2.40. The van der Waals surface area contributed by atoms with Crippen molar-refractivity contribution >= 4 is 28.4 Å². The van der Waals surface area contributed by atoms with Crippen LogP contribution in [0, 0.1) is 0 Å². The van der Waals surface area contributed by atoms with Gasteiger partial charge in [-0.2, -0.15) is 0 Å². The molecule has 1 amide bonds. The van der Waals surface area contributed by atoms with Gasteiger partial charge in [0, 0.05) is 48.6 Å². The van der Waals surface area contributed by atoms with Gasteiger partial charge in [0.15, 0.2) is 0 Å². The van der Waals surface area contributed by atoms with Crippen molar-refractivity contribution in [3.8, 4) is 0 Å². The van der Waals surface area contributed by atoms with Crippen LogP contribution in [0.25, 0.3) is 16.7 Å². The molecule has 7 nitrogen and oxygen atoms in total. The number of benzene rings is 1. The number of nitrogens with zero attached hydrogens (tertiary/aromatic N) is 4. The monoisotopic (exact) mass is 418 g/mol. The fraction of sp³-hybridized carbons (Fsp3) is 0.292. The number of carbonyl (C=O) groups excluding carboxylic acids is 2. The van der Waals surface area contributed by atoms with Gasteiger partial charge in [-0.15, -0.1) is 0 Å². The lowest BCUT2D eigenvalue weighted by Crippen LogP contribution is -2.32. The topological polar surface area (TPSA) is 78.7 Å². The minimum Gasteiger partial charge on any atom is -0.507 e. The van der Waals surface area contributed by atoms with Gasteiger partial charge in [-0.3, -0.25) is 14.6 Å². The van der Waals surface area contributed by atoms with Crippen molar-refractivity contribution in [3.63, 3.8) is 0 Å². The molecule has 0 aliphatic carbocycles. The number of aliphatic hydroxyl groups is 1. The van der Waals surface area contributed by atoms with Crippen LogP contribution in [0.2, 0.25) is 0 Å². The normalized spacial score (nSPS) is 18.5. The third-order valence-corrected chi connectivity index (χ3v) is 5.72. The summed E-state index contributed by atoms with van der Waals surface area (Å²) < 4.78 is 1.90. The Hall–Kier alpha value is -3.45. The highest BCUT2D eigenvalue weighted by Gasteiger charge is 2.46. The Labute approximate surface area is 181 Å². The number of likely N-dealkylation sites (tertiary alicyclic amines) is 1. The summed E-state index contributed by atoms with van der Waals surface area (Å²) in [4.78, 5) is 33.8. The molecule has 1 N–H and O–H groups in total. The van der Waals surface area contributed by atoms with E-state index in [0.29, 0.717) is 12.1 Å². The van der Waals surface area contributed by atoms with Gasteiger partial charge in [0.2, 0.25) is 0 Å². The fourth-order valence-electron chi connectivity index (χ4n) is 4.24. The van der Waals surface area contributed by atoms with Crippen molar-refractivity contribution in [1.82, 2.24) is 19.4 Å². The van der Waals surface area contributed by atoms with Crippen LogP contribution < -0.4 is 0 Å². The quantitative estimate of drug-likeness (QED) is 0.378. The number of pyridine rings is 1. The number of Topliss-reactive ketones (excluding diaryl/α,β-unsaturated/α-hetero) is 1. The lowest BCUT2D eigenvalue weighted by molar-refractivity contribution is -0.139. The van der Waals surface area contributed by atoms with Crippen LogP contribution in [-0.2, 0) is 16.6 Å². The zero-order valence-corrected chi connectivity index (χ0v) is 17.9. The molecule has 7 heteroatoms. The number of aromatic nitrogens is 2. The fourth-order valence-corrected chi connectivity index (χ4v) is 4.24. The van der Waals surface area contributed by atoms with Gasteiger partial charge < -0.3 is 19.5 Å². The second-order valence-corrected chi connectivity index (χ2v) is 8.10. The molecule has 0 bridgehead atoms. The summed E-state index contributed by atoms with van der Waals surface area (Å²) in [5, 5.41) is 12.2. The number of para-hydroxylation sites is 1. The van der Waals surface area contributed by atoms with Crippen LogP contribution in [0.4, 0.5) is 0 Å². The standard InChI is InChI=1S/C24H26N4O3/c1-26(2)13-6-14-28-21(16-9-11-25-12-10-16)20(23(30)24(28)31)22(29)18-15-27(3)19-8-5-4-7-17(18)19/h4-5,7-12,15,21,29H,6,13-14H2,1-3H3/b22-20+. The zero-order valence-electron chi connectivity index (χ0n) is 17.9. The molecule has 1 aliphatic heterocycles. The summed E-state index contributed by atoms with van der Waals surface area (Å²) in [7, 11) is 5.82. The Morgan fingerprint density at radius 2 is 1.84 bits per heavy atom. The van der Waals surface area contributed by atoms with Crippen molar-refractivity contribution in [1.29, 1.82) is 0 Å². The molecular weight excluding hydrogens is 392 g/mol. The van der Waals surface area contributed by atoms with E-state index in [0.717, 1.165) is 29.4 Å². The number of amides is 1. The van der Waals surface area contributed by atoms with E-state index < -0.39 is 17.7 Å². The second-order valence-electron chi connectivity index (χ2n) is 8.10. The molecule has 1 atom stereocenters. The summed E-state index contributed by atoms with van der Waals surface area (Å²) in [5.74, 6) is -1.38. The van der Waals surface area contributed by atoms with Gasteiger partial charge in [-0.05, 0) is 50.8 Å². The summed E-state index contributed by atoms with van der Waals surface area (Å²) in [5.41, 5.74) is 2.35. The highest BCUT2D eigenvalue weighted by molar-refractivity contribution is 6.46. The van der Waals surface area contributed by atoms with E-state index in [1.54, 1.807) is 35.6 Å². The minimum absolute atomic E-state index is 0.123. The first kappa shape index (κ1) is 20.8. The first-order chi connectivity index (χ1) is 14.9. The highest BCUT2D eigenvalue weighted by atomic mass is 16.3. The van der Waals surface area contributed by atoms with Gasteiger partial charge in [0.1, 0.15) is 5.76 Å². The SMILES string of the molecule is CN(C)CCCN1C(=O)C(=O)/C(=C(/O)c2cn(C)c3ccccc23)C1c1ccncc1. The lowest BCUT2D eigenvalue weighted by Gasteiger charge is -2.25. The smallest absolute Gasteiger partial charge is 0.295 e. The molecule has 0 spiro atoms. The Morgan fingerprint density at radius 1 is 1.13 bits per heavy atom. The molecule has 1 aliphatic rings. The maximum atomic E-state index is 13.1. The van der Waals surface area contributed by atoms with Crippen molar-refractivity contribution in [3.05, 3.63) is 71.7 Å². The number of hydrogen-bond donors (Lipinski definition) is 1. The number of carbonyl (C=O) groups is 2. The van der Waals surface area contributed by atoms with Crippen LogP contribution >= 0.6 is 0 Å². The predicted molar refractivity (Wildman–Crippen MR) is 119 cm³/mol. The van der Waals surface area contributed by atoms with Crippen molar-refractivity contribution in [2.45, 2.75) is 12.5 Å². The number of hydrogen-bond acceptors (Lipinski definition) is 5. The number of fused-ring (bicyclic) bond motifs is 1. The van der Waals surface area contributed by atoms with E-state index in [9.17, 15) is 14.7 Å². The van der Waals surface area contributed by atoms with Crippen LogP contribution in [0.3, 0.4) is 0 Å². The van der Waals surface area contributed by atoms with Gasteiger partial charge in [-0.1, -0.05) is 18.2 Å².